The van der Waals surface area contributed by atoms with Crippen molar-refractivity contribution in [1.29, 1.82) is 0 Å². The van der Waals surface area contributed by atoms with Gasteiger partial charge in [0.2, 0.25) is 0 Å². The average Bonchev–Trinajstić information content (AvgIpc) is 2.68. The lowest BCUT2D eigenvalue weighted by Gasteiger charge is -2.20. The molecule has 0 unspecified atom stereocenters. The maximum atomic E-state index is 11.1. The third-order valence-corrected chi connectivity index (χ3v) is 5.66. The van der Waals surface area contributed by atoms with Gasteiger partial charge in [0.25, 0.3) is 0 Å². The second-order valence-corrected chi connectivity index (χ2v) is 9.70. The first-order valence-corrected chi connectivity index (χ1v) is 10.3. The number of aromatic hydroxyl groups is 3. The lowest BCUT2D eigenvalue weighted by molar-refractivity contribution is 0.369. The van der Waals surface area contributed by atoms with Gasteiger partial charge >= 0.3 is 0 Å². The highest BCUT2D eigenvalue weighted by atomic mass is 32.2. The second kappa shape index (κ2) is 8.40. The number of phenols is 3. The number of thioether (sulfide) groups is 1. The van der Waals surface area contributed by atoms with Crippen LogP contribution in [0.4, 0.5) is 0 Å². The van der Waals surface area contributed by atoms with Crippen molar-refractivity contribution >= 4 is 11.8 Å². The van der Waals surface area contributed by atoms with Crippen molar-refractivity contribution in [3.05, 3.63) is 48.5 Å². The van der Waals surface area contributed by atoms with Gasteiger partial charge in [0, 0.05) is 15.2 Å². The van der Waals surface area contributed by atoms with Crippen LogP contribution in [-0.4, -0.2) is 34.3 Å². The van der Waals surface area contributed by atoms with E-state index in [1.165, 1.54) is 14.2 Å². The Morgan fingerprint density at radius 2 is 1.43 bits per heavy atom. The molecule has 0 fully saturated rings. The van der Waals surface area contributed by atoms with Gasteiger partial charge in [-0.05, 0) is 41.5 Å². The van der Waals surface area contributed by atoms with Crippen molar-refractivity contribution in [3.63, 3.8) is 0 Å². The first-order valence-electron chi connectivity index (χ1n) is 9.44. The van der Waals surface area contributed by atoms with E-state index in [9.17, 15) is 15.3 Å². The van der Waals surface area contributed by atoms with Crippen molar-refractivity contribution < 1.29 is 24.8 Å². The van der Waals surface area contributed by atoms with Gasteiger partial charge in [0.05, 0.1) is 19.8 Å². The summed E-state index contributed by atoms with van der Waals surface area (Å²) < 4.78 is 11.0. The topological polar surface area (TPSA) is 79.2 Å². The van der Waals surface area contributed by atoms with Crippen LogP contribution in [-0.2, 0) is 0 Å². The Labute approximate surface area is 180 Å². The molecule has 0 heterocycles. The van der Waals surface area contributed by atoms with Crippen molar-refractivity contribution in [1.82, 2.24) is 0 Å². The van der Waals surface area contributed by atoms with Gasteiger partial charge < -0.3 is 24.8 Å². The zero-order valence-electron chi connectivity index (χ0n) is 17.7. The number of methoxy groups -OCH3 is 2. The number of phenolic OH excluding ortho intramolecular Hbond substituents is 3. The highest BCUT2D eigenvalue weighted by molar-refractivity contribution is 8.00. The Kier molecular flexibility index (Phi) is 6.08. The fraction of sp³-hybridized carbons (Fsp3) is 0.250. The molecule has 0 bridgehead atoms. The molecule has 0 aliphatic rings. The summed E-state index contributed by atoms with van der Waals surface area (Å²) in [4.78, 5) is 0.761. The molecular formula is C24H26O5S. The molecule has 30 heavy (non-hydrogen) atoms. The fourth-order valence-corrected chi connectivity index (χ4v) is 4.18. The van der Waals surface area contributed by atoms with E-state index in [1.807, 2.05) is 12.1 Å². The minimum Gasteiger partial charge on any atom is -0.508 e. The van der Waals surface area contributed by atoms with Crippen LogP contribution < -0.4 is 9.47 Å². The van der Waals surface area contributed by atoms with Gasteiger partial charge in [-0.15, -0.1) is 11.8 Å². The van der Waals surface area contributed by atoms with E-state index < -0.39 is 0 Å². The van der Waals surface area contributed by atoms with E-state index in [0.717, 1.165) is 10.5 Å². The van der Waals surface area contributed by atoms with Crippen molar-refractivity contribution in [3.8, 4) is 51.0 Å². The molecular weight excluding hydrogens is 400 g/mol. The van der Waals surface area contributed by atoms with Crippen molar-refractivity contribution in [2.75, 3.05) is 14.2 Å². The summed E-state index contributed by atoms with van der Waals surface area (Å²) in [5, 5.41) is 31.2. The first-order chi connectivity index (χ1) is 14.1. The molecule has 3 aromatic carbocycles. The first kappa shape index (κ1) is 21.7. The molecule has 0 atom stereocenters. The minimum absolute atomic E-state index is 0.0478. The summed E-state index contributed by atoms with van der Waals surface area (Å²) in [6, 6.07) is 13.7. The Morgan fingerprint density at radius 1 is 0.800 bits per heavy atom. The van der Waals surface area contributed by atoms with Gasteiger partial charge in [-0.3, -0.25) is 0 Å². The number of hydrogen-bond acceptors (Lipinski definition) is 6. The van der Waals surface area contributed by atoms with Crippen LogP contribution in [0.15, 0.2) is 53.4 Å². The predicted molar refractivity (Wildman–Crippen MR) is 121 cm³/mol. The Balaban J connectivity index is 2.16. The van der Waals surface area contributed by atoms with Crippen LogP contribution in [0.2, 0.25) is 0 Å². The zero-order chi connectivity index (χ0) is 22.1. The summed E-state index contributed by atoms with van der Waals surface area (Å²) in [6.07, 6.45) is 0. The highest BCUT2D eigenvalue weighted by Crippen LogP contribution is 2.50. The molecule has 3 N–H and O–H groups in total. The Bertz CT molecular complexity index is 1050. The molecule has 0 spiro atoms. The maximum Gasteiger partial charge on any atom is 0.170 e. The molecule has 6 heteroatoms. The number of rotatable bonds is 5. The summed E-state index contributed by atoms with van der Waals surface area (Å²) in [5.74, 6) is 0.913. The number of ether oxygens (including phenoxy) is 2. The Morgan fingerprint density at radius 3 is 1.97 bits per heavy atom. The third-order valence-electron chi connectivity index (χ3n) is 4.48. The molecule has 3 aromatic rings. The van der Waals surface area contributed by atoms with Crippen molar-refractivity contribution in [2.24, 2.45) is 0 Å². The molecule has 158 valence electrons. The van der Waals surface area contributed by atoms with Crippen LogP contribution in [0.25, 0.3) is 22.3 Å². The maximum absolute atomic E-state index is 11.1. The van der Waals surface area contributed by atoms with Crippen LogP contribution in [0, 0.1) is 0 Å². The molecule has 0 aliphatic carbocycles. The van der Waals surface area contributed by atoms with E-state index in [2.05, 4.69) is 20.8 Å². The lowest BCUT2D eigenvalue weighted by Crippen LogP contribution is -2.06. The van der Waals surface area contributed by atoms with Crippen LogP contribution >= 0.6 is 11.8 Å². The third kappa shape index (κ3) is 4.44. The smallest absolute Gasteiger partial charge is 0.170 e. The molecule has 3 rings (SSSR count). The van der Waals surface area contributed by atoms with Gasteiger partial charge in [-0.1, -0.05) is 39.0 Å². The molecule has 0 aliphatic heterocycles. The van der Waals surface area contributed by atoms with Gasteiger partial charge in [-0.2, -0.15) is 0 Å². The predicted octanol–water partition coefficient (Wildman–Crippen LogP) is 6.05. The summed E-state index contributed by atoms with van der Waals surface area (Å²) in [7, 11) is 3.00. The summed E-state index contributed by atoms with van der Waals surface area (Å²) in [5.41, 5.74) is 2.42. The zero-order valence-corrected chi connectivity index (χ0v) is 18.5. The standard InChI is InChI=1S/C24H26O5S/c1-24(2,3)30-20-11-8-15(12-18(20)26)21-19(28-4)13-17(23(29-5)22(21)27)14-6-9-16(25)10-7-14/h6-13,25-27H,1-5H3. The van der Waals surface area contributed by atoms with E-state index in [-0.39, 0.29) is 27.7 Å². The minimum atomic E-state index is -0.0875. The quantitative estimate of drug-likeness (QED) is 0.431. The molecule has 0 amide bonds. The van der Waals surface area contributed by atoms with Gasteiger partial charge in [-0.25, -0.2) is 0 Å². The van der Waals surface area contributed by atoms with Crippen LogP contribution in [0.5, 0.6) is 28.7 Å². The van der Waals surface area contributed by atoms with E-state index in [4.69, 9.17) is 9.47 Å². The molecule has 0 radical (unpaired) electrons. The summed E-state index contributed by atoms with van der Waals surface area (Å²) in [6.45, 7) is 6.23. The van der Waals surface area contributed by atoms with Crippen LogP contribution in [0.3, 0.4) is 0 Å². The van der Waals surface area contributed by atoms with Gasteiger partial charge in [0.15, 0.2) is 11.5 Å². The normalized spacial score (nSPS) is 11.4. The van der Waals surface area contributed by atoms with E-state index >= 15 is 0 Å². The number of hydrogen-bond donors (Lipinski definition) is 3. The monoisotopic (exact) mass is 426 g/mol. The highest BCUT2D eigenvalue weighted by Gasteiger charge is 2.23. The molecule has 5 nitrogen and oxygen atoms in total. The van der Waals surface area contributed by atoms with E-state index in [1.54, 1.807) is 48.2 Å². The SMILES string of the molecule is COc1cc(-c2ccc(O)cc2)c(OC)c(O)c1-c1ccc(SC(C)(C)C)c(O)c1. The average molecular weight is 427 g/mol. The number of benzene rings is 3. The van der Waals surface area contributed by atoms with Gasteiger partial charge in [0.1, 0.15) is 17.2 Å². The van der Waals surface area contributed by atoms with Crippen molar-refractivity contribution in [2.45, 2.75) is 30.4 Å². The summed E-state index contributed by atoms with van der Waals surface area (Å²) >= 11 is 1.57. The van der Waals surface area contributed by atoms with Crippen LogP contribution in [0.1, 0.15) is 20.8 Å². The molecule has 0 saturated heterocycles. The molecule has 0 aromatic heterocycles. The second-order valence-electron chi connectivity index (χ2n) is 7.83. The van der Waals surface area contributed by atoms with E-state index in [0.29, 0.717) is 22.4 Å². The molecule has 0 saturated carbocycles. The largest absolute Gasteiger partial charge is 0.508 e. The lowest BCUT2D eigenvalue weighted by atomic mass is 9.96. The Hall–Kier alpha value is -2.99. The fourth-order valence-electron chi connectivity index (χ4n) is 3.22.